The van der Waals surface area contributed by atoms with Crippen LogP contribution in [-0.4, -0.2) is 31.0 Å². The van der Waals surface area contributed by atoms with Gasteiger partial charge in [-0.15, -0.1) is 0 Å². The number of rotatable bonds is 9. The van der Waals surface area contributed by atoms with Crippen LogP contribution in [0.4, 0.5) is 4.79 Å². The molecule has 0 aromatic heterocycles. The summed E-state index contributed by atoms with van der Waals surface area (Å²) in [5.74, 6) is 0.779. The van der Waals surface area contributed by atoms with Gasteiger partial charge in [0.05, 0.1) is 11.2 Å². The van der Waals surface area contributed by atoms with Gasteiger partial charge in [-0.3, -0.25) is 0 Å². The molecule has 4 rings (SSSR count). The van der Waals surface area contributed by atoms with E-state index in [1.54, 1.807) is 0 Å². The van der Waals surface area contributed by atoms with Crippen LogP contribution in [0.3, 0.4) is 0 Å². The monoisotopic (exact) mass is 499 g/mol. The Morgan fingerprint density at radius 1 is 0.811 bits per heavy atom. The van der Waals surface area contributed by atoms with E-state index in [9.17, 15) is 4.79 Å². The summed E-state index contributed by atoms with van der Waals surface area (Å²) in [5, 5.41) is 2.84. The van der Waals surface area contributed by atoms with Gasteiger partial charge in [0.1, 0.15) is 19.0 Å². The molecule has 1 N–H and O–H groups in total. The van der Waals surface area contributed by atoms with Gasteiger partial charge in [-0.2, -0.15) is 0 Å². The maximum atomic E-state index is 12.4. The maximum absolute atomic E-state index is 12.4. The molecule has 1 aliphatic rings. The average molecular weight is 499 g/mol. The highest BCUT2D eigenvalue weighted by Gasteiger charge is 2.52. The van der Waals surface area contributed by atoms with Crippen molar-refractivity contribution >= 4 is 19.3 Å². The molecule has 1 aliphatic heterocycles. The minimum Gasteiger partial charge on any atom is -0.489 e. The number of carbonyl (C=O) groups is 1. The third-order valence-electron chi connectivity index (χ3n) is 6.69. The molecule has 1 amide bonds. The molecule has 7 heteroatoms. The normalized spacial score (nSPS) is 16.3. The lowest BCUT2D eigenvalue weighted by molar-refractivity contribution is 0.00578. The van der Waals surface area contributed by atoms with Gasteiger partial charge in [0, 0.05) is 6.54 Å². The summed E-state index contributed by atoms with van der Waals surface area (Å²) in [5.41, 5.74) is 2.76. The number of hydrogen-bond donors (Lipinski definition) is 1. The molecule has 1 fully saturated rings. The van der Waals surface area contributed by atoms with Gasteiger partial charge in [0.25, 0.3) is 0 Å². The zero-order valence-corrected chi connectivity index (χ0v) is 21.9. The molecule has 0 atom stereocenters. The first-order chi connectivity index (χ1) is 17.7. The second-order valence-corrected chi connectivity index (χ2v) is 10.1. The fraction of sp³-hybridized carbons (Fsp3) is 0.300. The van der Waals surface area contributed by atoms with Crippen molar-refractivity contribution in [2.45, 2.75) is 52.1 Å². The highest BCUT2D eigenvalue weighted by molar-refractivity contribution is 6.56. The number of hydrogen-bond acceptors (Lipinski definition) is 5. The lowest BCUT2D eigenvalue weighted by Gasteiger charge is -2.32. The SMILES string of the molecule is CC1(C)OB(C(=Cc2ccc(OCc3ccccc3)cc2)CNC(=O)OCc2ccccc2)OC1(C)C. The van der Waals surface area contributed by atoms with E-state index < -0.39 is 24.4 Å². The molecule has 3 aromatic rings. The molecule has 1 heterocycles. The van der Waals surface area contributed by atoms with Crippen LogP contribution in [0.25, 0.3) is 6.08 Å². The maximum Gasteiger partial charge on any atom is 0.492 e. The molecular weight excluding hydrogens is 465 g/mol. The van der Waals surface area contributed by atoms with Crippen LogP contribution in [0, 0.1) is 0 Å². The van der Waals surface area contributed by atoms with E-state index in [-0.39, 0.29) is 13.2 Å². The summed E-state index contributed by atoms with van der Waals surface area (Å²) in [7, 11) is -0.603. The molecule has 3 aromatic carbocycles. The van der Waals surface area contributed by atoms with Gasteiger partial charge in [-0.1, -0.05) is 78.9 Å². The van der Waals surface area contributed by atoms with E-state index in [1.165, 1.54) is 0 Å². The Bertz CT molecular complexity index is 1180. The average Bonchev–Trinajstić information content (AvgIpc) is 3.12. The van der Waals surface area contributed by atoms with E-state index in [4.69, 9.17) is 18.8 Å². The van der Waals surface area contributed by atoms with Crippen LogP contribution in [0.2, 0.25) is 0 Å². The van der Waals surface area contributed by atoms with Crippen molar-refractivity contribution in [3.05, 3.63) is 107 Å². The Kier molecular flexibility index (Phi) is 8.36. The summed E-state index contributed by atoms with van der Waals surface area (Å²) in [6.45, 7) is 8.94. The Labute approximate surface area is 219 Å². The highest BCUT2D eigenvalue weighted by atomic mass is 16.7. The Hall–Kier alpha value is -3.55. The second kappa shape index (κ2) is 11.7. The van der Waals surface area contributed by atoms with E-state index in [0.29, 0.717) is 6.61 Å². The van der Waals surface area contributed by atoms with Crippen LogP contribution in [-0.2, 0) is 27.3 Å². The lowest BCUT2D eigenvalue weighted by Crippen LogP contribution is -2.41. The molecule has 0 aliphatic carbocycles. The summed E-state index contributed by atoms with van der Waals surface area (Å²) >= 11 is 0. The quantitative estimate of drug-likeness (QED) is 0.355. The van der Waals surface area contributed by atoms with Crippen molar-refractivity contribution in [1.82, 2.24) is 5.32 Å². The van der Waals surface area contributed by atoms with Crippen LogP contribution >= 0.6 is 0 Å². The molecule has 0 saturated carbocycles. The van der Waals surface area contributed by atoms with E-state index in [2.05, 4.69) is 5.32 Å². The molecule has 6 nitrogen and oxygen atoms in total. The van der Waals surface area contributed by atoms with E-state index in [0.717, 1.165) is 27.9 Å². The van der Waals surface area contributed by atoms with Gasteiger partial charge in [-0.25, -0.2) is 4.79 Å². The Morgan fingerprint density at radius 2 is 1.35 bits per heavy atom. The van der Waals surface area contributed by atoms with Gasteiger partial charge in [-0.05, 0) is 62.0 Å². The summed E-state index contributed by atoms with van der Waals surface area (Å²) in [4.78, 5) is 12.4. The molecule has 0 unspecified atom stereocenters. The predicted octanol–water partition coefficient (Wildman–Crippen LogP) is 6.21. The molecule has 0 spiro atoms. The smallest absolute Gasteiger partial charge is 0.489 e. The van der Waals surface area contributed by atoms with Crippen LogP contribution < -0.4 is 10.1 Å². The Morgan fingerprint density at radius 3 is 1.92 bits per heavy atom. The zero-order valence-electron chi connectivity index (χ0n) is 21.9. The first-order valence-electron chi connectivity index (χ1n) is 12.5. The fourth-order valence-corrected chi connectivity index (χ4v) is 3.76. The number of ether oxygens (including phenoxy) is 2. The van der Waals surface area contributed by atoms with Crippen LogP contribution in [0.1, 0.15) is 44.4 Å². The minimum absolute atomic E-state index is 0.201. The van der Waals surface area contributed by atoms with E-state index >= 15 is 0 Å². The van der Waals surface area contributed by atoms with Crippen LogP contribution in [0.5, 0.6) is 5.75 Å². The predicted molar refractivity (Wildman–Crippen MR) is 146 cm³/mol. The minimum atomic E-state index is -0.603. The van der Waals surface area contributed by atoms with Crippen molar-refractivity contribution in [1.29, 1.82) is 0 Å². The van der Waals surface area contributed by atoms with Crippen molar-refractivity contribution in [2.24, 2.45) is 0 Å². The zero-order chi connectivity index (χ0) is 26.3. The second-order valence-electron chi connectivity index (χ2n) is 10.1. The number of nitrogens with one attached hydrogen (secondary N) is 1. The van der Waals surface area contributed by atoms with Crippen molar-refractivity contribution in [2.75, 3.05) is 6.54 Å². The Balaban J connectivity index is 1.43. The van der Waals surface area contributed by atoms with Crippen molar-refractivity contribution < 1.29 is 23.6 Å². The van der Waals surface area contributed by atoms with Gasteiger partial charge < -0.3 is 24.1 Å². The van der Waals surface area contributed by atoms with Crippen molar-refractivity contribution in [3.8, 4) is 5.75 Å². The molecule has 1 saturated heterocycles. The number of alkyl carbamates (subject to hydrolysis) is 1. The summed E-state index contributed by atoms with van der Waals surface area (Å²) in [6, 6.07) is 27.4. The number of carbonyl (C=O) groups excluding carboxylic acids is 1. The lowest BCUT2D eigenvalue weighted by atomic mass is 9.77. The molecular formula is C30H34BNO5. The summed E-state index contributed by atoms with van der Waals surface area (Å²) in [6.07, 6.45) is 1.47. The third-order valence-corrected chi connectivity index (χ3v) is 6.69. The van der Waals surface area contributed by atoms with Crippen molar-refractivity contribution in [3.63, 3.8) is 0 Å². The molecule has 0 bridgehead atoms. The standard InChI is InChI=1S/C30H34BNO5/c1-29(2)30(3,4)37-31(36-29)26(20-32-28(33)35-22-25-13-9-6-10-14-25)19-23-15-17-27(18-16-23)34-21-24-11-7-5-8-12-24/h5-19H,20-22H2,1-4H3,(H,32,33). The highest BCUT2D eigenvalue weighted by Crippen LogP contribution is 2.38. The van der Waals surface area contributed by atoms with Gasteiger partial charge >= 0.3 is 13.2 Å². The topological polar surface area (TPSA) is 66.0 Å². The first kappa shape index (κ1) is 26.5. The number of benzene rings is 3. The fourth-order valence-electron chi connectivity index (χ4n) is 3.76. The van der Waals surface area contributed by atoms with Gasteiger partial charge in [0.15, 0.2) is 0 Å². The number of amides is 1. The molecule has 0 radical (unpaired) electrons. The van der Waals surface area contributed by atoms with Gasteiger partial charge in [0.2, 0.25) is 0 Å². The molecule has 37 heavy (non-hydrogen) atoms. The molecule has 192 valence electrons. The third kappa shape index (κ3) is 7.25. The summed E-state index contributed by atoms with van der Waals surface area (Å²) < 4.78 is 23.8. The first-order valence-corrected chi connectivity index (χ1v) is 12.5. The largest absolute Gasteiger partial charge is 0.492 e. The van der Waals surface area contributed by atoms with E-state index in [1.807, 2.05) is 119 Å². The van der Waals surface area contributed by atoms with Crippen LogP contribution in [0.15, 0.2) is 90.4 Å².